The highest BCUT2D eigenvalue weighted by atomic mass is 16.2. The van der Waals surface area contributed by atoms with Crippen molar-refractivity contribution in [3.8, 4) is 0 Å². The van der Waals surface area contributed by atoms with Crippen molar-refractivity contribution in [1.29, 1.82) is 0 Å². The Morgan fingerprint density at radius 1 is 0.907 bits per heavy atom. The number of rotatable bonds is 4. The number of amides is 3. The number of para-hydroxylation sites is 2. The lowest BCUT2D eigenvalue weighted by Gasteiger charge is -2.37. The molecule has 3 aliphatic rings. The molecule has 43 heavy (non-hydrogen) atoms. The van der Waals surface area contributed by atoms with Gasteiger partial charge in [-0.25, -0.2) is 0 Å². The smallest absolute Gasteiger partial charge is 0.263 e. The molecule has 8 heteroatoms. The Morgan fingerprint density at radius 3 is 2.60 bits per heavy atom. The van der Waals surface area contributed by atoms with E-state index in [0.717, 1.165) is 46.3 Å². The van der Waals surface area contributed by atoms with Crippen LogP contribution in [0.15, 0.2) is 79.0 Å². The summed E-state index contributed by atoms with van der Waals surface area (Å²) < 4.78 is 0. The Morgan fingerprint density at radius 2 is 1.72 bits per heavy atom. The van der Waals surface area contributed by atoms with Gasteiger partial charge in [-0.15, -0.1) is 0 Å². The molecule has 0 saturated carbocycles. The van der Waals surface area contributed by atoms with Crippen LogP contribution in [0, 0.1) is 5.92 Å². The first-order valence-corrected chi connectivity index (χ1v) is 15.0. The second-order valence-electron chi connectivity index (χ2n) is 11.8. The van der Waals surface area contributed by atoms with Gasteiger partial charge in [0.25, 0.3) is 11.8 Å². The lowest BCUT2D eigenvalue weighted by Crippen LogP contribution is -2.44. The Labute approximate surface area is 248 Å². The summed E-state index contributed by atoms with van der Waals surface area (Å²) in [4.78, 5) is 54.2. The largest absolute Gasteiger partial charge is 0.371 e. The van der Waals surface area contributed by atoms with Gasteiger partial charge in [-0.2, -0.15) is 0 Å². The number of nitrogens with zero attached hydrogens (tertiary/aromatic N) is 4. The summed E-state index contributed by atoms with van der Waals surface area (Å²) in [7, 11) is 0. The van der Waals surface area contributed by atoms with Crippen LogP contribution in [0.3, 0.4) is 0 Å². The van der Waals surface area contributed by atoms with Crippen molar-refractivity contribution in [2.45, 2.75) is 32.4 Å². The maximum Gasteiger partial charge on any atom is 0.263 e. The van der Waals surface area contributed by atoms with E-state index in [1.165, 1.54) is 15.8 Å². The summed E-state index contributed by atoms with van der Waals surface area (Å²) in [5.74, 6) is -0.386. The molecule has 0 spiro atoms. The normalized spacial score (nSPS) is 17.2. The van der Waals surface area contributed by atoms with Crippen LogP contribution >= 0.6 is 0 Å². The zero-order valence-corrected chi connectivity index (χ0v) is 23.8. The molecule has 0 aliphatic carbocycles. The molecule has 0 atom stereocenters. The number of aromatic nitrogens is 2. The molecule has 3 aliphatic heterocycles. The third kappa shape index (κ3) is 4.28. The van der Waals surface area contributed by atoms with Crippen LogP contribution in [0.5, 0.6) is 0 Å². The van der Waals surface area contributed by atoms with E-state index in [4.69, 9.17) is 0 Å². The van der Waals surface area contributed by atoms with Crippen molar-refractivity contribution in [2.75, 3.05) is 24.5 Å². The number of carbonyl (C=O) groups is 3. The van der Waals surface area contributed by atoms with Crippen molar-refractivity contribution in [1.82, 2.24) is 19.8 Å². The number of fused-ring (bicyclic) bond motifs is 5. The van der Waals surface area contributed by atoms with Crippen molar-refractivity contribution in [3.63, 3.8) is 0 Å². The number of imide groups is 1. The number of nitrogens with one attached hydrogen (secondary N) is 1. The third-order valence-electron chi connectivity index (χ3n) is 9.34. The molecule has 1 N–H and O–H groups in total. The number of hydrogen-bond donors (Lipinski definition) is 1. The van der Waals surface area contributed by atoms with Crippen molar-refractivity contribution in [3.05, 3.63) is 107 Å². The van der Waals surface area contributed by atoms with Gasteiger partial charge in [-0.05, 0) is 60.7 Å². The number of piperidine rings is 1. The van der Waals surface area contributed by atoms with Crippen LogP contribution in [-0.2, 0) is 24.3 Å². The van der Waals surface area contributed by atoms with Crippen LogP contribution in [0.1, 0.15) is 50.4 Å². The van der Waals surface area contributed by atoms with Crippen molar-refractivity contribution < 1.29 is 14.4 Å². The van der Waals surface area contributed by atoms with Crippen LogP contribution in [-0.4, -0.2) is 57.1 Å². The van der Waals surface area contributed by atoms with Crippen LogP contribution in [0.2, 0.25) is 0 Å². The molecule has 2 aromatic heterocycles. The monoisotopic (exact) mass is 569 g/mol. The van der Waals surface area contributed by atoms with Gasteiger partial charge in [-0.1, -0.05) is 42.5 Å². The zero-order chi connectivity index (χ0) is 29.1. The Balaban J connectivity index is 0.960. The number of aromatic amines is 1. The number of benzene rings is 3. The lowest BCUT2D eigenvalue weighted by atomic mass is 9.93. The van der Waals surface area contributed by atoms with E-state index < -0.39 is 0 Å². The van der Waals surface area contributed by atoms with E-state index in [2.05, 4.69) is 33.1 Å². The Bertz CT molecular complexity index is 1940. The molecule has 214 valence electrons. The molecule has 1 fully saturated rings. The van der Waals surface area contributed by atoms with Gasteiger partial charge < -0.3 is 14.8 Å². The highest BCUT2D eigenvalue weighted by molar-refractivity contribution is 6.23. The predicted octanol–water partition coefficient (Wildman–Crippen LogP) is 5.31. The first-order valence-electron chi connectivity index (χ1n) is 15.0. The summed E-state index contributed by atoms with van der Waals surface area (Å²) >= 11 is 0. The van der Waals surface area contributed by atoms with Gasteiger partial charge >= 0.3 is 0 Å². The molecule has 8 rings (SSSR count). The molecule has 5 heterocycles. The molecule has 3 amide bonds. The topological polar surface area (TPSA) is 89.6 Å². The first kappa shape index (κ1) is 25.7. The lowest BCUT2D eigenvalue weighted by molar-refractivity contribution is -0.137. The van der Waals surface area contributed by atoms with Gasteiger partial charge in [0, 0.05) is 53.7 Å². The molecule has 5 aromatic rings. The van der Waals surface area contributed by atoms with E-state index in [1.54, 1.807) is 12.3 Å². The van der Waals surface area contributed by atoms with Crippen LogP contribution in [0.4, 0.5) is 5.69 Å². The first-order chi connectivity index (χ1) is 21.0. The Kier molecular flexibility index (Phi) is 6.03. The molecule has 0 unspecified atom stereocenters. The minimum atomic E-state index is -0.276. The van der Waals surface area contributed by atoms with E-state index in [1.807, 2.05) is 53.4 Å². The second kappa shape index (κ2) is 10.1. The molecule has 0 bridgehead atoms. The van der Waals surface area contributed by atoms with E-state index in [-0.39, 0.29) is 30.2 Å². The van der Waals surface area contributed by atoms with E-state index in [9.17, 15) is 14.4 Å². The average Bonchev–Trinajstić information content (AvgIpc) is 3.54. The minimum absolute atomic E-state index is 0.0480. The van der Waals surface area contributed by atoms with E-state index >= 15 is 0 Å². The van der Waals surface area contributed by atoms with Gasteiger partial charge in [0.15, 0.2) is 0 Å². The fourth-order valence-corrected chi connectivity index (χ4v) is 7.12. The summed E-state index contributed by atoms with van der Waals surface area (Å²) in [5, 5.41) is 2.23. The summed E-state index contributed by atoms with van der Waals surface area (Å²) in [6.45, 7) is 2.85. The molecule has 8 nitrogen and oxygen atoms in total. The molecular weight excluding hydrogens is 538 g/mol. The SMILES string of the molecule is O=C(C1CCN(c2cccc3c2C(=O)N(Cc2cnc4ccccc4c2)C3=O)CC1)N1CCc2c([nH]c3ccccc23)C1. The third-order valence-corrected chi connectivity index (χ3v) is 9.34. The Hall–Kier alpha value is -4.98. The maximum absolute atomic E-state index is 13.7. The van der Waals surface area contributed by atoms with Gasteiger partial charge in [-0.3, -0.25) is 24.3 Å². The standard InChI is InChI=1S/C35H31N5O3/c41-33(39-17-14-26-25-7-2-4-10-29(25)37-30(26)21-39)23-12-15-38(16-13-23)31-11-5-8-27-32(31)35(43)40(34(27)42)20-22-18-24-6-1-3-9-28(24)36-19-22/h1-11,18-19,23,37H,12-17,20-21H2. The minimum Gasteiger partial charge on any atom is -0.371 e. The van der Waals surface area contributed by atoms with Crippen molar-refractivity contribution >= 4 is 45.2 Å². The number of carbonyl (C=O) groups excluding carboxylic acids is 3. The summed E-state index contributed by atoms with van der Waals surface area (Å²) in [5.41, 5.74) is 6.98. The quantitative estimate of drug-likeness (QED) is 0.296. The number of hydrogen-bond acceptors (Lipinski definition) is 5. The van der Waals surface area contributed by atoms with Gasteiger partial charge in [0.05, 0.1) is 35.4 Å². The summed E-state index contributed by atoms with van der Waals surface area (Å²) in [6.07, 6.45) is 4.03. The molecule has 1 saturated heterocycles. The highest BCUT2D eigenvalue weighted by Crippen LogP contribution is 2.36. The van der Waals surface area contributed by atoms with E-state index in [0.29, 0.717) is 43.6 Å². The maximum atomic E-state index is 13.7. The van der Waals surface area contributed by atoms with Gasteiger partial charge in [0.1, 0.15) is 0 Å². The highest BCUT2D eigenvalue weighted by Gasteiger charge is 2.39. The number of pyridine rings is 1. The van der Waals surface area contributed by atoms with Crippen LogP contribution in [0.25, 0.3) is 21.8 Å². The molecule has 3 aromatic carbocycles. The summed E-state index contributed by atoms with van der Waals surface area (Å²) in [6, 6.07) is 23.6. The fourth-order valence-electron chi connectivity index (χ4n) is 7.12. The van der Waals surface area contributed by atoms with Crippen molar-refractivity contribution in [2.24, 2.45) is 5.92 Å². The fraction of sp³-hybridized carbons (Fsp3) is 0.257. The second-order valence-corrected chi connectivity index (χ2v) is 11.8. The number of H-pyrrole nitrogens is 1. The molecular formula is C35H31N5O3. The number of anilines is 1. The van der Waals surface area contributed by atoms with Gasteiger partial charge in [0.2, 0.25) is 5.91 Å². The average molecular weight is 570 g/mol. The zero-order valence-electron chi connectivity index (χ0n) is 23.8. The van der Waals surface area contributed by atoms with Crippen LogP contribution < -0.4 is 4.90 Å². The molecule has 0 radical (unpaired) electrons. The predicted molar refractivity (Wildman–Crippen MR) is 165 cm³/mol.